The van der Waals surface area contributed by atoms with E-state index in [1.54, 1.807) is 47.5 Å². The van der Waals surface area contributed by atoms with Crippen molar-refractivity contribution >= 4 is 34.8 Å². The van der Waals surface area contributed by atoms with E-state index in [0.29, 0.717) is 42.7 Å². The second kappa shape index (κ2) is 12.0. The van der Waals surface area contributed by atoms with Crippen LogP contribution in [0.5, 0.6) is 0 Å². The van der Waals surface area contributed by atoms with E-state index in [0.717, 1.165) is 17.1 Å². The second-order valence-electron chi connectivity index (χ2n) is 9.43. The lowest BCUT2D eigenvalue weighted by Gasteiger charge is -2.32. The van der Waals surface area contributed by atoms with E-state index in [-0.39, 0.29) is 23.9 Å². The van der Waals surface area contributed by atoms with Gasteiger partial charge in [0.05, 0.1) is 24.1 Å². The lowest BCUT2D eigenvalue weighted by molar-refractivity contribution is -0.146. The molecular weight excluding hydrogens is 531 g/mol. The summed E-state index contributed by atoms with van der Waals surface area (Å²) in [5.74, 6) is -1.33. The van der Waals surface area contributed by atoms with Gasteiger partial charge in [0.25, 0.3) is 5.91 Å². The maximum absolute atomic E-state index is 13.2. The molecule has 0 unspecified atom stereocenters. The van der Waals surface area contributed by atoms with E-state index >= 15 is 0 Å². The van der Waals surface area contributed by atoms with Crippen LogP contribution in [0, 0.1) is 5.92 Å². The summed E-state index contributed by atoms with van der Waals surface area (Å²) in [6.45, 7) is 2.77. The van der Waals surface area contributed by atoms with Crippen LogP contribution in [-0.2, 0) is 20.5 Å². The summed E-state index contributed by atoms with van der Waals surface area (Å²) in [4.78, 5) is 43.4. The van der Waals surface area contributed by atoms with Crippen LogP contribution in [0.15, 0.2) is 53.9 Å². The Kier molecular flexibility index (Phi) is 8.69. The van der Waals surface area contributed by atoms with Gasteiger partial charge in [0.1, 0.15) is 5.69 Å². The SMILES string of the molecule is COC(=O)C[C@@H](C)C(=O)N1CCC(c2nc(C(=O)Nc3ccccc3-c3cccc(C(F)(F)F)c3)cs2)CC1. The molecule has 1 fully saturated rings. The number of carbonyl (C=O) groups is 3. The highest BCUT2D eigenvalue weighted by atomic mass is 32.1. The van der Waals surface area contributed by atoms with Crippen molar-refractivity contribution in [2.24, 2.45) is 5.92 Å². The Hall–Kier alpha value is -3.73. The summed E-state index contributed by atoms with van der Waals surface area (Å²) in [6.07, 6.45) is -3.07. The van der Waals surface area contributed by atoms with Crippen LogP contribution in [0.25, 0.3) is 11.1 Å². The number of thiazole rings is 1. The predicted molar refractivity (Wildman–Crippen MR) is 141 cm³/mol. The van der Waals surface area contributed by atoms with Crippen molar-refractivity contribution in [3.63, 3.8) is 0 Å². The first-order valence-electron chi connectivity index (χ1n) is 12.5. The zero-order valence-electron chi connectivity index (χ0n) is 21.5. The topological polar surface area (TPSA) is 88.6 Å². The lowest BCUT2D eigenvalue weighted by atomic mass is 9.96. The maximum atomic E-state index is 13.2. The number of benzene rings is 2. The fourth-order valence-corrected chi connectivity index (χ4v) is 5.52. The Morgan fingerprint density at radius 2 is 1.85 bits per heavy atom. The van der Waals surface area contributed by atoms with Gasteiger partial charge in [0.2, 0.25) is 5.91 Å². The molecule has 0 bridgehead atoms. The largest absolute Gasteiger partial charge is 0.469 e. The van der Waals surface area contributed by atoms with Gasteiger partial charge >= 0.3 is 12.1 Å². The quantitative estimate of drug-likeness (QED) is 0.360. The number of carbonyl (C=O) groups excluding carboxylic acids is 3. The van der Waals surface area contributed by atoms with Gasteiger partial charge in [-0.15, -0.1) is 11.3 Å². The number of methoxy groups -OCH3 is 1. The first-order valence-corrected chi connectivity index (χ1v) is 13.3. The molecule has 1 atom stereocenters. The average molecular weight is 560 g/mol. The zero-order valence-corrected chi connectivity index (χ0v) is 22.3. The number of aromatic nitrogens is 1. The van der Waals surface area contributed by atoms with Gasteiger partial charge in [0.15, 0.2) is 0 Å². The molecular formula is C28H28F3N3O4S. The second-order valence-corrected chi connectivity index (χ2v) is 10.3. The van der Waals surface area contributed by atoms with Crippen LogP contribution in [0.4, 0.5) is 18.9 Å². The fraction of sp³-hybridized carbons (Fsp3) is 0.357. The number of halogens is 3. The average Bonchev–Trinajstić information content (AvgIpc) is 3.43. The molecule has 1 aliphatic heterocycles. The number of piperidine rings is 1. The number of amides is 2. The molecule has 0 spiro atoms. The third-order valence-corrected chi connectivity index (χ3v) is 7.72. The lowest BCUT2D eigenvalue weighted by Crippen LogP contribution is -2.41. The number of rotatable bonds is 7. The maximum Gasteiger partial charge on any atom is 0.416 e. The van der Waals surface area contributed by atoms with Gasteiger partial charge in [-0.2, -0.15) is 13.2 Å². The van der Waals surface area contributed by atoms with Crippen molar-refractivity contribution in [1.82, 2.24) is 9.88 Å². The van der Waals surface area contributed by atoms with Gasteiger partial charge in [-0.1, -0.05) is 37.3 Å². The third kappa shape index (κ3) is 6.83. The summed E-state index contributed by atoms with van der Waals surface area (Å²) in [5, 5.41) is 5.24. The van der Waals surface area contributed by atoms with Gasteiger partial charge in [-0.25, -0.2) is 4.98 Å². The highest BCUT2D eigenvalue weighted by molar-refractivity contribution is 7.10. The number of hydrogen-bond donors (Lipinski definition) is 1. The van der Waals surface area contributed by atoms with Crippen molar-refractivity contribution < 1.29 is 32.3 Å². The standard InChI is InChI=1S/C28H28F3N3O4S/c1-17(14-24(35)38-2)27(37)34-12-10-18(11-13-34)26-33-23(16-39-26)25(36)32-22-9-4-3-8-21(22)19-6-5-7-20(15-19)28(29,30)31/h3-9,15-18H,10-14H2,1-2H3,(H,32,36)/t17-/m1/s1. The van der Waals surface area contributed by atoms with E-state index < -0.39 is 29.5 Å². The number of hydrogen-bond acceptors (Lipinski definition) is 6. The molecule has 4 rings (SSSR count). The number of anilines is 1. The summed E-state index contributed by atoms with van der Waals surface area (Å²) in [5.41, 5.74) is 0.632. The number of alkyl halides is 3. The van der Waals surface area contributed by atoms with Gasteiger partial charge in [-0.05, 0) is 36.6 Å². The Morgan fingerprint density at radius 1 is 1.13 bits per heavy atom. The predicted octanol–water partition coefficient (Wildman–Crippen LogP) is 5.99. The molecule has 2 aromatic carbocycles. The van der Waals surface area contributed by atoms with Crippen LogP contribution in [0.1, 0.15) is 53.2 Å². The highest BCUT2D eigenvalue weighted by Crippen LogP contribution is 2.35. The smallest absolute Gasteiger partial charge is 0.416 e. The Labute approximate surface area is 228 Å². The Morgan fingerprint density at radius 3 is 2.54 bits per heavy atom. The number of ether oxygens (including phenoxy) is 1. The minimum Gasteiger partial charge on any atom is -0.469 e. The molecule has 0 saturated carbocycles. The van der Waals surface area contributed by atoms with Crippen LogP contribution < -0.4 is 5.32 Å². The van der Waals surface area contributed by atoms with E-state index in [4.69, 9.17) is 0 Å². The number of nitrogens with zero attached hydrogens (tertiary/aromatic N) is 2. The Bertz CT molecular complexity index is 1350. The molecule has 206 valence electrons. The molecule has 1 N–H and O–H groups in total. The van der Waals surface area contributed by atoms with Crippen molar-refractivity contribution in [2.75, 3.05) is 25.5 Å². The molecule has 0 aliphatic carbocycles. The van der Waals surface area contributed by atoms with E-state index in [9.17, 15) is 27.6 Å². The minimum absolute atomic E-state index is 0.0388. The molecule has 2 amide bonds. The van der Waals surface area contributed by atoms with Gasteiger partial charge < -0.3 is 15.0 Å². The molecule has 1 aromatic heterocycles. The van der Waals surface area contributed by atoms with Crippen molar-refractivity contribution in [3.8, 4) is 11.1 Å². The van der Waals surface area contributed by atoms with Gasteiger partial charge in [-0.3, -0.25) is 14.4 Å². The number of nitrogens with one attached hydrogen (secondary N) is 1. The van der Waals surface area contributed by atoms with E-state index in [1.807, 2.05) is 0 Å². The molecule has 39 heavy (non-hydrogen) atoms. The van der Waals surface area contributed by atoms with E-state index in [2.05, 4.69) is 15.0 Å². The molecule has 7 nitrogen and oxygen atoms in total. The van der Waals surface area contributed by atoms with Gasteiger partial charge in [0, 0.05) is 41.6 Å². The molecule has 0 radical (unpaired) electrons. The first kappa shape index (κ1) is 28.3. The molecule has 3 aromatic rings. The zero-order chi connectivity index (χ0) is 28.2. The number of likely N-dealkylation sites (tertiary alicyclic amines) is 1. The molecule has 2 heterocycles. The normalized spacial score (nSPS) is 15.1. The van der Waals surface area contributed by atoms with Crippen LogP contribution >= 0.6 is 11.3 Å². The van der Waals surface area contributed by atoms with Crippen molar-refractivity contribution in [3.05, 3.63) is 70.2 Å². The van der Waals surface area contributed by atoms with Crippen molar-refractivity contribution in [2.45, 2.75) is 38.3 Å². The van der Waals surface area contributed by atoms with Crippen LogP contribution in [0.3, 0.4) is 0 Å². The summed E-state index contributed by atoms with van der Waals surface area (Å²) < 4.78 is 44.3. The Balaban J connectivity index is 1.40. The summed E-state index contributed by atoms with van der Waals surface area (Å²) in [6, 6.07) is 11.6. The first-order chi connectivity index (χ1) is 18.6. The molecule has 11 heteroatoms. The molecule has 1 saturated heterocycles. The minimum atomic E-state index is -4.48. The van der Waals surface area contributed by atoms with E-state index in [1.165, 1.54) is 24.5 Å². The monoisotopic (exact) mass is 559 g/mol. The summed E-state index contributed by atoms with van der Waals surface area (Å²) in [7, 11) is 1.29. The number of para-hydroxylation sites is 1. The van der Waals surface area contributed by atoms with Crippen LogP contribution in [-0.4, -0.2) is 47.9 Å². The summed E-state index contributed by atoms with van der Waals surface area (Å²) >= 11 is 1.37. The third-order valence-electron chi connectivity index (χ3n) is 6.71. The van der Waals surface area contributed by atoms with Crippen molar-refractivity contribution in [1.29, 1.82) is 0 Å². The van der Waals surface area contributed by atoms with Crippen LogP contribution in [0.2, 0.25) is 0 Å². The fourth-order valence-electron chi connectivity index (χ4n) is 4.55. The molecule has 1 aliphatic rings. The highest BCUT2D eigenvalue weighted by Gasteiger charge is 2.31. The number of esters is 1.